The van der Waals surface area contributed by atoms with E-state index in [0.717, 1.165) is 22.7 Å². The molecule has 142 valence electrons. The predicted molar refractivity (Wildman–Crippen MR) is 107 cm³/mol. The molecule has 0 N–H and O–H groups in total. The molecule has 2 aliphatic rings. The Balaban J connectivity index is 1.65. The number of benzene rings is 1. The van der Waals surface area contributed by atoms with Gasteiger partial charge in [0.15, 0.2) is 5.16 Å². The highest BCUT2D eigenvalue weighted by molar-refractivity contribution is 8.00. The van der Waals surface area contributed by atoms with Gasteiger partial charge in [0.1, 0.15) is 0 Å². The van der Waals surface area contributed by atoms with Gasteiger partial charge in [-0.3, -0.25) is 14.2 Å². The third-order valence-electron chi connectivity index (χ3n) is 4.58. The van der Waals surface area contributed by atoms with E-state index in [1.165, 1.54) is 11.8 Å². The van der Waals surface area contributed by atoms with Crippen LogP contribution in [0.1, 0.15) is 12.6 Å². The smallest absolute Gasteiger partial charge is 0.272 e. The number of fused-ring (bicyclic) bond motifs is 1. The summed E-state index contributed by atoms with van der Waals surface area (Å²) in [6, 6.07) is 9.51. The number of thioether (sulfide) groups is 2. The lowest BCUT2D eigenvalue weighted by Gasteiger charge is -2.26. The van der Waals surface area contributed by atoms with Crippen LogP contribution in [0, 0.1) is 0 Å². The van der Waals surface area contributed by atoms with Gasteiger partial charge in [0.2, 0.25) is 5.91 Å². The minimum Gasteiger partial charge on any atom is -0.378 e. The van der Waals surface area contributed by atoms with Crippen LogP contribution in [0.5, 0.6) is 0 Å². The van der Waals surface area contributed by atoms with E-state index in [9.17, 15) is 9.59 Å². The maximum absolute atomic E-state index is 13.2. The van der Waals surface area contributed by atoms with Gasteiger partial charge in [0.05, 0.1) is 35.2 Å². The predicted octanol–water partition coefficient (Wildman–Crippen LogP) is 2.22. The quantitative estimate of drug-likeness (QED) is 0.576. The zero-order valence-electron chi connectivity index (χ0n) is 15.1. The number of morpholine rings is 1. The third-order valence-corrected chi connectivity index (χ3v) is 6.72. The number of ether oxygens (including phenoxy) is 1. The zero-order chi connectivity index (χ0) is 18.8. The molecule has 1 atom stereocenters. The van der Waals surface area contributed by atoms with Crippen LogP contribution in [0.4, 0.5) is 0 Å². The standard InChI is InChI=1S/C19H21N3O3S2/c1-13-11-15-17(27-13)18(24)22(14-5-3-2-4-6-14)19(20-15)26-12-16(23)21-7-9-25-10-8-21/h2-6,13H,7-12H2,1H3/t13-/m1/s1. The molecule has 0 saturated carbocycles. The first-order valence-corrected chi connectivity index (χ1v) is 10.9. The van der Waals surface area contributed by atoms with E-state index >= 15 is 0 Å². The van der Waals surface area contributed by atoms with Gasteiger partial charge >= 0.3 is 0 Å². The Morgan fingerprint density at radius 1 is 1.30 bits per heavy atom. The number of hydrogen-bond donors (Lipinski definition) is 0. The van der Waals surface area contributed by atoms with Gasteiger partial charge in [-0.1, -0.05) is 36.9 Å². The Labute approximate surface area is 166 Å². The topological polar surface area (TPSA) is 64.4 Å². The molecule has 2 aromatic rings. The summed E-state index contributed by atoms with van der Waals surface area (Å²) in [4.78, 5) is 33.0. The number of carbonyl (C=O) groups is 1. The van der Waals surface area contributed by atoms with Crippen molar-refractivity contribution < 1.29 is 9.53 Å². The fourth-order valence-corrected chi connectivity index (χ4v) is 5.26. The number of carbonyl (C=O) groups excluding carboxylic acids is 1. The van der Waals surface area contributed by atoms with Crippen LogP contribution in [-0.2, 0) is 16.0 Å². The number of nitrogens with zero attached hydrogens (tertiary/aromatic N) is 3. The molecule has 3 heterocycles. The normalized spacial score (nSPS) is 19.1. The molecule has 0 unspecified atom stereocenters. The van der Waals surface area contributed by atoms with Gasteiger partial charge < -0.3 is 9.64 Å². The lowest BCUT2D eigenvalue weighted by molar-refractivity contribution is -0.132. The van der Waals surface area contributed by atoms with Crippen LogP contribution >= 0.6 is 23.5 Å². The van der Waals surface area contributed by atoms with Gasteiger partial charge in [-0.15, -0.1) is 11.8 Å². The van der Waals surface area contributed by atoms with Gasteiger partial charge in [-0.05, 0) is 12.1 Å². The molecular weight excluding hydrogens is 382 g/mol. The van der Waals surface area contributed by atoms with E-state index < -0.39 is 0 Å². The number of para-hydroxylation sites is 1. The number of hydrogen-bond acceptors (Lipinski definition) is 6. The Kier molecular flexibility index (Phi) is 5.56. The molecule has 0 radical (unpaired) electrons. The molecule has 0 bridgehead atoms. The van der Waals surface area contributed by atoms with E-state index in [0.29, 0.717) is 36.7 Å². The second-order valence-corrected chi connectivity index (χ2v) is 8.95. The molecule has 1 aromatic carbocycles. The molecule has 0 aliphatic carbocycles. The molecule has 2 aliphatic heterocycles. The first kappa shape index (κ1) is 18.6. The molecule has 0 spiro atoms. The van der Waals surface area contributed by atoms with Crippen LogP contribution in [0.15, 0.2) is 45.2 Å². The molecule has 1 fully saturated rings. The molecule has 1 saturated heterocycles. The molecular formula is C19H21N3O3S2. The number of amides is 1. The fraction of sp³-hybridized carbons (Fsp3) is 0.421. The summed E-state index contributed by atoms with van der Waals surface area (Å²) in [6.07, 6.45) is 0.788. The molecule has 1 aromatic heterocycles. The first-order valence-electron chi connectivity index (χ1n) is 9.00. The van der Waals surface area contributed by atoms with Crippen molar-refractivity contribution in [2.75, 3.05) is 32.1 Å². The van der Waals surface area contributed by atoms with Crippen molar-refractivity contribution in [3.63, 3.8) is 0 Å². The Bertz CT molecular complexity index is 895. The highest BCUT2D eigenvalue weighted by Crippen LogP contribution is 2.34. The van der Waals surface area contributed by atoms with Crippen molar-refractivity contribution in [2.24, 2.45) is 0 Å². The summed E-state index contributed by atoms with van der Waals surface area (Å²) < 4.78 is 6.94. The Morgan fingerprint density at radius 3 is 2.78 bits per heavy atom. The summed E-state index contributed by atoms with van der Waals surface area (Å²) in [6.45, 7) is 4.51. The van der Waals surface area contributed by atoms with Gasteiger partial charge in [0, 0.05) is 24.8 Å². The van der Waals surface area contributed by atoms with E-state index in [2.05, 4.69) is 6.92 Å². The first-order chi connectivity index (χ1) is 13.1. The Hall–Kier alpha value is -1.77. The van der Waals surface area contributed by atoms with E-state index in [-0.39, 0.29) is 17.2 Å². The molecule has 6 nitrogen and oxygen atoms in total. The lowest BCUT2D eigenvalue weighted by Crippen LogP contribution is -2.41. The van der Waals surface area contributed by atoms with Crippen LogP contribution in [0.25, 0.3) is 5.69 Å². The van der Waals surface area contributed by atoms with E-state index in [4.69, 9.17) is 9.72 Å². The summed E-state index contributed by atoms with van der Waals surface area (Å²) in [7, 11) is 0. The van der Waals surface area contributed by atoms with Crippen molar-refractivity contribution in [1.82, 2.24) is 14.5 Å². The summed E-state index contributed by atoms with van der Waals surface area (Å²) >= 11 is 2.92. The maximum atomic E-state index is 13.2. The monoisotopic (exact) mass is 403 g/mol. The van der Waals surface area contributed by atoms with Gasteiger partial charge in [-0.25, -0.2) is 4.98 Å². The lowest BCUT2D eigenvalue weighted by atomic mass is 10.2. The minimum absolute atomic E-state index is 0.0399. The molecule has 27 heavy (non-hydrogen) atoms. The van der Waals surface area contributed by atoms with Crippen molar-refractivity contribution >= 4 is 29.4 Å². The maximum Gasteiger partial charge on any atom is 0.272 e. The number of aromatic nitrogens is 2. The van der Waals surface area contributed by atoms with E-state index in [1.807, 2.05) is 35.2 Å². The average molecular weight is 404 g/mol. The second kappa shape index (κ2) is 8.08. The van der Waals surface area contributed by atoms with Crippen LogP contribution in [-0.4, -0.2) is 57.7 Å². The molecule has 1 amide bonds. The highest BCUT2D eigenvalue weighted by Gasteiger charge is 2.27. The van der Waals surface area contributed by atoms with Crippen molar-refractivity contribution in [2.45, 2.75) is 28.6 Å². The van der Waals surface area contributed by atoms with Crippen molar-refractivity contribution in [3.8, 4) is 5.69 Å². The highest BCUT2D eigenvalue weighted by atomic mass is 32.2. The van der Waals surface area contributed by atoms with Crippen molar-refractivity contribution in [3.05, 3.63) is 46.4 Å². The second-order valence-electron chi connectivity index (χ2n) is 6.56. The minimum atomic E-state index is -0.0399. The van der Waals surface area contributed by atoms with Crippen molar-refractivity contribution in [1.29, 1.82) is 0 Å². The zero-order valence-corrected chi connectivity index (χ0v) is 16.7. The van der Waals surface area contributed by atoms with Crippen LogP contribution in [0.3, 0.4) is 0 Å². The Morgan fingerprint density at radius 2 is 2.04 bits per heavy atom. The molecule has 8 heteroatoms. The summed E-state index contributed by atoms with van der Waals surface area (Å²) in [5, 5.41) is 0.931. The molecule has 4 rings (SSSR count). The van der Waals surface area contributed by atoms with Crippen LogP contribution in [0.2, 0.25) is 0 Å². The largest absolute Gasteiger partial charge is 0.378 e. The van der Waals surface area contributed by atoms with Gasteiger partial charge in [-0.2, -0.15) is 0 Å². The SMILES string of the molecule is C[C@@H]1Cc2nc(SCC(=O)N3CCOCC3)n(-c3ccccc3)c(=O)c2S1. The number of rotatable bonds is 4. The summed E-state index contributed by atoms with van der Waals surface area (Å²) in [5.74, 6) is 0.321. The summed E-state index contributed by atoms with van der Waals surface area (Å²) in [5.41, 5.74) is 1.59. The van der Waals surface area contributed by atoms with Crippen LogP contribution < -0.4 is 5.56 Å². The third kappa shape index (κ3) is 3.93. The fourth-order valence-electron chi connectivity index (χ4n) is 3.23. The van der Waals surface area contributed by atoms with Gasteiger partial charge in [0.25, 0.3) is 5.56 Å². The van der Waals surface area contributed by atoms with E-state index in [1.54, 1.807) is 16.3 Å². The average Bonchev–Trinajstić information content (AvgIpc) is 3.08.